The van der Waals surface area contributed by atoms with Gasteiger partial charge in [0.1, 0.15) is 11.6 Å². The van der Waals surface area contributed by atoms with Crippen molar-refractivity contribution in [1.82, 2.24) is 9.21 Å². The number of hydrogen-bond acceptors (Lipinski definition) is 3. The summed E-state index contributed by atoms with van der Waals surface area (Å²) in [6.07, 6.45) is 0. The number of amides is 1. The maximum absolute atomic E-state index is 13.1. The molecule has 2 aromatic carbocycles. The van der Waals surface area contributed by atoms with Gasteiger partial charge >= 0.3 is 0 Å². The maximum atomic E-state index is 13.1. The van der Waals surface area contributed by atoms with Crippen LogP contribution in [0.15, 0.2) is 47.4 Å². The minimum Gasteiger partial charge on any atom is -0.336 e. The van der Waals surface area contributed by atoms with Crippen LogP contribution in [0.4, 0.5) is 8.78 Å². The average molecular weight is 401 g/mol. The van der Waals surface area contributed by atoms with Crippen molar-refractivity contribution in [2.24, 2.45) is 0 Å². The molecular weight excluding hydrogens is 386 g/mol. The summed E-state index contributed by atoms with van der Waals surface area (Å²) in [6.45, 7) is 0.550. The lowest BCUT2D eigenvalue weighted by Gasteiger charge is -2.34. The number of carbonyl (C=O) groups excluding carboxylic acids is 1. The van der Waals surface area contributed by atoms with Crippen molar-refractivity contribution in [1.29, 1.82) is 0 Å². The first-order chi connectivity index (χ1) is 12.3. The van der Waals surface area contributed by atoms with E-state index in [1.807, 2.05) is 0 Å². The molecule has 0 bridgehead atoms. The standard InChI is InChI=1S/C17H15ClF2N2O3S/c18-16-11-13(20)3-6-15(16)17(23)21-7-9-22(10-8-21)26(24,25)14-4-1-12(19)2-5-14/h1-6,11H,7-10H2. The third-order valence-corrected chi connectivity index (χ3v) is 6.36. The normalized spacial score (nSPS) is 15.9. The molecule has 1 heterocycles. The fourth-order valence-corrected chi connectivity index (χ4v) is 4.39. The summed E-state index contributed by atoms with van der Waals surface area (Å²) in [4.78, 5) is 14.0. The third kappa shape index (κ3) is 3.72. The molecule has 1 fully saturated rings. The molecule has 3 rings (SSSR count). The second-order valence-corrected chi connectivity index (χ2v) is 8.12. The molecule has 0 radical (unpaired) electrons. The molecule has 0 N–H and O–H groups in total. The van der Waals surface area contributed by atoms with Crippen LogP contribution in [-0.4, -0.2) is 49.7 Å². The number of nitrogens with zero attached hydrogens (tertiary/aromatic N) is 2. The SMILES string of the molecule is O=C(c1ccc(F)cc1Cl)N1CCN(S(=O)(=O)c2ccc(F)cc2)CC1. The summed E-state index contributed by atoms with van der Waals surface area (Å²) in [5, 5.41) is 0.0105. The fourth-order valence-electron chi connectivity index (χ4n) is 2.72. The zero-order valence-corrected chi connectivity index (χ0v) is 15.1. The van der Waals surface area contributed by atoms with E-state index in [9.17, 15) is 22.0 Å². The number of rotatable bonds is 3. The highest BCUT2D eigenvalue weighted by Gasteiger charge is 2.31. The Labute approximate surface area is 154 Å². The van der Waals surface area contributed by atoms with Gasteiger partial charge < -0.3 is 4.90 Å². The van der Waals surface area contributed by atoms with Crippen molar-refractivity contribution in [2.45, 2.75) is 4.90 Å². The summed E-state index contributed by atoms with van der Waals surface area (Å²) in [7, 11) is -3.75. The van der Waals surface area contributed by atoms with E-state index in [2.05, 4.69) is 0 Å². The first-order valence-corrected chi connectivity index (χ1v) is 9.61. The summed E-state index contributed by atoms with van der Waals surface area (Å²) in [5.41, 5.74) is 0.169. The van der Waals surface area contributed by atoms with Crippen LogP contribution in [-0.2, 0) is 10.0 Å². The van der Waals surface area contributed by atoms with E-state index < -0.39 is 21.7 Å². The van der Waals surface area contributed by atoms with Crippen molar-refractivity contribution in [3.8, 4) is 0 Å². The number of sulfonamides is 1. The van der Waals surface area contributed by atoms with Gasteiger partial charge in [-0.3, -0.25) is 4.79 Å². The highest BCUT2D eigenvalue weighted by atomic mass is 35.5. The number of hydrogen-bond donors (Lipinski definition) is 0. The molecule has 0 aromatic heterocycles. The molecule has 0 atom stereocenters. The van der Waals surface area contributed by atoms with Crippen molar-refractivity contribution in [2.75, 3.05) is 26.2 Å². The highest BCUT2D eigenvalue weighted by Crippen LogP contribution is 2.22. The Morgan fingerprint density at radius 2 is 1.50 bits per heavy atom. The van der Waals surface area contributed by atoms with Gasteiger partial charge in [0.05, 0.1) is 15.5 Å². The van der Waals surface area contributed by atoms with Gasteiger partial charge in [-0.1, -0.05) is 11.6 Å². The molecule has 0 saturated carbocycles. The van der Waals surface area contributed by atoms with Crippen LogP contribution in [0.5, 0.6) is 0 Å². The first kappa shape index (κ1) is 18.8. The Morgan fingerprint density at radius 1 is 0.923 bits per heavy atom. The van der Waals surface area contributed by atoms with Crippen LogP contribution in [0, 0.1) is 11.6 Å². The Kier molecular flexibility index (Phi) is 5.27. The smallest absolute Gasteiger partial charge is 0.255 e. The van der Waals surface area contributed by atoms with E-state index in [-0.39, 0.29) is 47.6 Å². The van der Waals surface area contributed by atoms with Crippen LogP contribution >= 0.6 is 11.6 Å². The van der Waals surface area contributed by atoms with E-state index in [0.717, 1.165) is 24.3 Å². The Morgan fingerprint density at radius 3 is 2.08 bits per heavy atom. The van der Waals surface area contributed by atoms with E-state index in [1.54, 1.807) is 0 Å². The highest BCUT2D eigenvalue weighted by molar-refractivity contribution is 7.89. The predicted molar refractivity (Wildman–Crippen MR) is 92.5 cm³/mol. The molecule has 1 amide bonds. The van der Waals surface area contributed by atoms with Gasteiger partial charge in [-0.25, -0.2) is 17.2 Å². The molecule has 0 unspecified atom stereocenters. The first-order valence-electron chi connectivity index (χ1n) is 7.79. The minimum absolute atomic E-state index is 0.000237. The van der Waals surface area contributed by atoms with Crippen LogP contribution in [0.25, 0.3) is 0 Å². The van der Waals surface area contributed by atoms with E-state index in [0.29, 0.717) is 0 Å². The molecule has 0 aliphatic carbocycles. The second-order valence-electron chi connectivity index (χ2n) is 5.77. The molecular formula is C17H15ClF2N2O3S. The molecule has 26 heavy (non-hydrogen) atoms. The van der Waals surface area contributed by atoms with Gasteiger partial charge in [-0.2, -0.15) is 4.31 Å². The van der Waals surface area contributed by atoms with Gasteiger partial charge in [-0.05, 0) is 42.5 Å². The molecule has 0 spiro atoms. The predicted octanol–water partition coefficient (Wildman–Crippen LogP) is 2.76. The van der Waals surface area contributed by atoms with Crippen molar-refractivity contribution < 1.29 is 22.0 Å². The summed E-state index contributed by atoms with van der Waals surface area (Å²) >= 11 is 5.91. The van der Waals surface area contributed by atoms with Crippen LogP contribution < -0.4 is 0 Å². The molecule has 2 aromatic rings. The Balaban J connectivity index is 1.70. The lowest BCUT2D eigenvalue weighted by atomic mass is 10.2. The molecule has 5 nitrogen and oxygen atoms in total. The summed E-state index contributed by atoms with van der Waals surface area (Å²) in [5.74, 6) is -1.44. The third-order valence-electron chi connectivity index (χ3n) is 4.14. The molecule has 9 heteroatoms. The fraction of sp³-hybridized carbons (Fsp3) is 0.235. The molecule has 1 aliphatic rings. The van der Waals surface area contributed by atoms with Crippen molar-refractivity contribution in [3.63, 3.8) is 0 Å². The van der Waals surface area contributed by atoms with Gasteiger partial charge in [0.2, 0.25) is 10.0 Å². The Hall–Kier alpha value is -2.03. The lowest BCUT2D eigenvalue weighted by Crippen LogP contribution is -2.50. The monoisotopic (exact) mass is 400 g/mol. The number of benzene rings is 2. The van der Waals surface area contributed by atoms with Gasteiger partial charge in [0.15, 0.2) is 0 Å². The molecule has 138 valence electrons. The van der Waals surface area contributed by atoms with Crippen LogP contribution in [0.1, 0.15) is 10.4 Å². The van der Waals surface area contributed by atoms with E-state index in [4.69, 9.17) is 11.6 Å². The number of carbonyl (C=O) groups is 1. The number of piperazine rings is 1. The maximum Gasteiger partial charge on any atom is 0.255 e. The lowest BCUT2D eigenvalue weighted by molar-refractivity contribution is 0.0698. The van der Waals surface area contributed by atoms with Crippen LogP contribution in [0.3, 0.4) is 0 Å². The molecule has 1 saturated heterocycles. The van der Waals surface area contributed by atoms with Crippen molar-refractivity contribution >= 4 is 27.5 Å². The zero-order valence-electron chi connectivity index (χ0n) is 13.5. The van der Waals surface area contributed by atoms with E-state index >= 15 is 0 Å². The van der Waals surface area contributed by atoms with Gasteiger partial charge in [0.25, 0.3) is 5.91 Å². The summed E-state index contributed by atoms with van der Waals surface area (Å²) < 4.78 is 52.5. The van der Waals surface area contributed by atoms with Gasteiger partial charge in [0, 0.05) is 26.2 Å². The summed E-state index contributed by atoms with van der Waals surface area (Å²) in [6, 6.07) is 8.10. The molecule has 1 aliphatic heterocycles. The van der Waals surface area contributed by atoms with Crippen molar-refractivity contribution in [3.05, 3.63) is 64.7 Å². The topological polar surface area (TPSA) is 57.7 Å². The van der Waals surface area contributed by atoms with E-state index in [1.165, 1.54) is 27.4 Å². The Bertz CT molecular complexity index is 928. The zero-order chi connectivity index (χ0) is 18.9. The number of halogens is 3. The average Bonchev–Trinajstić information content (AvgIpc) is 2.62. The largest absolute Gasteiger partial charge is 0.336 e. The van der Waals surface area contributed by atoms with Gasteiger partial charge in [-0.15, -0.1) is 0 Å². The van der Waals surface area contributed by atoms with Crippen LogP contribution in [0.2, 0.25) is 5.02 Å². The quantitative estimate of drug-likeness (QED) is 0.796. The minimum atomic E-state index is -3.75. The second kappa shape index (κ2) is 7.30.